The number of aliphatic hydroxyl groups excluding tert-OH is 1. The number of ether oxygens (including phenoxy) is 1. The van der Waals surface area contributed by atoms with E-state index in [1.54, 1.807) is 54.1 Å². The quantitative estimate of drug-likeness (QED) is 0.540. The summed E-state index contributed by atoms with van der Waals surface area (Å²) < 4.78 is 6.42. The number of fused-ring (bicyclic) bond motifs is 1. The number of likely N-dealkylation sites (N-methyl/N-ethyl adjacent to an activating group) is 1. The van der Waals surface area contributed by atoms with Crippen molar-refractivity contribution in [2.24, 2.45) is 5.92 Å². The second kappa shape index (κ2) is 11.9. The minimum Gasteiger partial charge on any atom is -0.485 e. The molecular formula is C26H35N5O5. The largest absolute Gasteiger partial charge is 0.485 e. The normalized spacial score (nSPS) is 18.4. The van der Waals surface area contributed by atoms with Crippen LogP contribution in [-0.4, -0.2) is 82.7 Å². The number of rotatable bonds is 7. The molecule has 0 saturated heterocycles. The molecule has 1 aromatic carbocycles. The fraction of sp³-hybridized carbons (Fsp3) is 0.462. The standard InChI is InChI=1S/C26H35N5O5/c1-16(2)28-26(35)30(5)14-22-17(3)13-31(18(4)15-32)25(34)20-7-6-8-21(23(20)36-22)29-24(33)19-9-11-27-12-10-19/h6-12,16-18,22,32H,13-15H2,1-5H3,(H,28,35)(H,29,33)/t17-,18-,22-/m0/s1. The lowest BCUT2D eigenvalue weighted by molar-refractivity contribution is 0.0368. The molecule has 3 rings (SSSR count). The number of hydrogen-bond acceptors (Lipinski definition) is 6. The molecule has 0 saturated carbocycles. The number of urea groups is 1. The van der Waals surface area contributed by atoms with Crippen LogP contribution in [0.3, 0.4) is 0 Å². The van der Waals surface area contributed by atoms with Crippen molar-refractivity contribution < 1.29 is 24.2 Å². The second-order valence-electron chi connectivity index (χ2n) is 9.48. The first-order chi connectivity index (χ1) is 17.1. The highest BCUT2D eigenvalue weighted by molar-refractivity contribution is 6.07. The van der Waals surface area contributed by atoms with Crippen LogP contribution in [0.25, 0.3) is 0 Å². The maximum atomic E-state index is 13.5. The van der Waals surface area contributed by atoms with E-state index in [0.717, 1.165) is 0 Å². The molecule has 2 heterocycles. The van der Waals surface area contributed by atoms with E-state index in [1.165, 1.54) is 12.4 Å². The molecule has 0 bridgehead atoms. The summed E-state index contributed by atoms with van der Waals surface area (Å²) in [5.41, 5.74) is 1.02. The van der Waals surface area contributed by atoms with Gasteiger partial charge in [0.2, 0.25) is 0 Å². The summed E-state index contributed by atoms with van der Waals surface area (Å²) in [6, 6.07) is 7.47. The molecule has 3 N–H and O–H groups in total. The number of hydrogen-bond donors (Lipinski definition) is 3. The molecular weight excluding hydrogens is 462 g/mol. The first-order valence-electron chi connectivity index (χ1n) is 12.1. The van der Waals surface area contributed by atoms with Gasteiger partial charge in [-0.15, -0.1) is 0 Å². The Labute approximate surface area is 211 Å². The van der Waals surface area contributed by atoms with Gasteiger partial charge in [0.15, 0.2) is 5.75 Å². The van der Waals surface area contributed by atoms with Crippen LogP contribution in [0.4, 0.5) is 10.5 Å². The first kappa shape index (κ1) is 26.9. The third kappa shape index (κ3) is 6.31. The average Bonchev–Trinajstić information content (AvgIpc) is 2.86. The van der Waals surface area contributed by atoms with Gasteiger partial charge >= 0.3 is 6.03 Å². The lowest BCUT2D eigenvalue weighted by atomic mass is 9.99. The van der Waals surface area contributed by atoms with E-state index in [2.05, 4.69) is 15.6 Å². The minimum atomic E-state index is -0.493. The second-order valence-corrected chi connectivity index (χ2v) is 9.48. The number of nitrogens with zero attached hydrogens (tertiary/aromatic N) is 3. The number of anilines is 1. The van der Waals surface area contributed by atoms with Gasteiger partial charge in [-0.2, -0.15) is 0 Å². The summed E-state index contributed by atoms with van der Waals surface area (Å²) in [7, 11) is 1.68. The number of para-hydroxylation sites is 1. The van der Waals surface area contributed by atoms with E-state index in [1.807, 2.05) is 20.8 Å². The van der Waals surface area contributed by atoms with Crippen LogP contribution in [0.15, 0.2) is 42.7 Å². The molecule has 0 radical (unpaired) electrons. The summed E-state index contributed by atoms with van der Waals surface area (Å²) in [5, 5.41) is 15.5. The van der Waals surface area contributed by atoms with Gasteiger partial charge in [-0.3, -0.25) is 14.6 Å². The smallest absolute Gasteiger partial charge is 0.317 e. The number of nitrogens with one attached hydrogen (secondary N) is 2. The highest BCUT2D eigenvalue weighted by atomic mass is 16.5. The number of benzene rings is 1. The molecule has 36 heavy (non-hydrogen) atoms. The van der Waals surface area contributed by atoms with Gasteiger partial charge in [-0.25, -0.2) is 4.79 Å². The van der Waals surface area contributed by atoms with Gasteiger partial charge in [0.25, 0.3) is 11.8 Å². The monoisotopic (exact) mass is 497 g/mol. The van der Waals surface area contributed by atoms with E-state index in [0.29, 0.717) is 17.8 Å². The molecule has 10 nitrogen and oxygen atoms in total. The van der Waals surface area contributed by atoms with Crippen molar-refractivity contribution >= 4 is 23.5 Å². The van der Waals surface area contributed by atoms with E-state index in [-0.39, 0.29) is 54.3 Å². The van der Waals surface area contributed by atoms with Crippen LogP contribution in [0.5, 0.6) is 5.75 Å². The Morgan fingerprint density at radius 1 is 1.22 bits per heavy atom. The van der Waals surface area contributed by atoms with Crippen molar-refractivity contribution in [3.05, 3.63) is 53.9 Å². The Bertz CT molecular complexity index is 1080. The van der Waals surface area contributed by atoms with Gasteiger partial charge in [0, 0.05) is 43.5 Å². The lowest BCUT2D eigenvalue weighted by Gasteiger charge is -2.38. The third-order valence-electron chi connectivity index (χ3n) is 6.09. The van der Waals surface area contributed by atoms with Crippen molar-refractivity contribution in [2.75, 3.05) is 32.1 Å². The summed E-state index contributed by atoms with van der Waals surface area (Å²) in [6.45, 7) is 7.86. The molecule has 2 aromatic rings. The Morgan fingerprint density at radius 2 is 1.92 bits per heavy atom. The van der Waals surface area contributed by atoms with E-state index in [9.17, 15) is 19.5 Å². The number of carbonyl (C=O) groups is 3. The molecule has 4 amide bonds. The third-order valence-corrected chi connectivity index (χ3v) is 6.09. The van der Waals surface area contributed by atoms with Crippen molar-refractivity contribution in [3.63, 3.8) is 0 Å². The van der Waals surface area contributed by atoms with Crippen LogP contribution in [0, 0.1) is 5.92 Å². The van der Waals surface area contributed by atoms with Crippen molar-refractivity contribution in [3.8, 4) is 5.75 Å². The summed E-state index contributed by atoms with van der Waals surface area (Å²) in [4.78, 5) is 46.1. The molecule has 10 heteroatoms. The summed E-state index contributed by atoms with van der Waals surface area (Å²) in [5.74, 6) is -0.631. The van der Waals surface area contributed by atoms with Crippen LogP contribution >= 0.6 is 0 Å². The molecule has 0 fully saturated rings. The maximum Gasteiger partial charge on any atom is 0.317 e. The van der Waals surface area contributed by atoms with E-state index in [4.69, 9.17) is 4.74 Å². The van der Waals surface area contributed by atoms with Crippen molar-refractivity contribution in [2.45, 2.75) is 45.9 Å². The Hall–Kier alpha value is -3.66. The summed E-state index contributed by atoms with van der Waals surface area (Å²) >= 11 is 0. The lowest BCUT2D eigenvalue weighted by Crippen LogP contribution is -2.51. The Balaban J connectivity index is 2.00. The molecule has 0 unspecified atom stereocenters. The van der Waals surface area contributed by atoms with Crippen LogP contribution in [-0.2, 0) is 0 Å². The predicted octanol–water partition coefficient (Wildman–Crippen LogP) is 2.60. The average molecular weight is 498 g/mol. The zero-order chi connectivity index (χ0) is 26.4. The molecule has 1 aliphatic heterocycles. The molecule has 0 spiro atoms. The molecule has 0 aliphatic carbocycles. The minimum absolute atomic E-state index is 0.0233. The van der Waals surface area contributed by atoms with Gasteiger partial charge in [0.05, 0.1) is 30.4 Å². The number of carbonyl (C=O) groups excluding carboxylic acids is 3. The topological polar surface area (TPSA) is 124 Å². The number of aliphatic hydroxyl groups is 1. The Kier molecular flexibility index (Phi) is 8.87. The van der Waals surface area contributed by atoms with Crippen LogP contribution < -0.4 is 15.4 Å². The van der Waals surface area contributed by atoms with Crippen molar-refractivity contribution in [1.29, 1.82) is 0 Å². The molecule has 194 valence electrons. The molecule has 3 atom stereocenters. The fourth-order valence-corrected chi connectivity index (χ4v) is 3.97. The Morgan fingerprint density at radius 3 is 2.56 bits per heavy atom. The van der Waals surface area contributed by atoms with Gasteiger partial charge in [-0.1, -0.05) is 13.0 Å². The molecule has 1 aliphatic rings. The maximum absolute atomic E-state index is 13.5. The number of aromatic nitrogens is 1. The highest BCUT2D eigenvalue weighted by Crippen LogP contribution is 2.35. The fourth-order valence-electron chi connectivity index (χ4n) is 3.97. The van der Waals surface area contributed by atoms with Crippen molar-refractivity contribution in [1.82, 2.24) is 20.1 Å². The number of amides is 4. The zero-order valence-corrected chi connectivity index (χ0v) is 21.4. The van der Waals surface area contributed by atoms with E-state index < -0.39 is 12.1 Å². The van der Waals surface area contributed by atoms with Gasteiger partial charge in [0.1, 0.15) is 6.10 Å². The number of pyridine rings is 1. The molecule has 1 aromatic heterocycles. The summed E-state index contributed by atoms with van der Waals surface area (Å²) in [6.07, 6.45) is 2.55. The van der Waals surface area contributed by atoms with Gasteiger partial charge < -0.3 is 30.3 Å². The zero-order valence-electron chi connectivity index (χ0n) is 21.4. The highest BCUT2D eigenvalue weighted by Gasteiger charge is 2.35. The van der Waals surface area contributed by atoms with E-state index >= 15 is 0 Å². The predicted molar refractivity (Wildman–Crippen MR) is 136 cm³/mol. The van der Waals surface area contributed by atoms with Crippen LogP contribution in [0.2, 0.25) is 0 Å². The SMILES string of the molecule is CC(C)NC(=O)N(C)C[C@@H]1Oc2c(NC(=O)c3ccncc3)cccc2C(=O)N([C@@H](C)CO)C[C@@H]1C. The first-order valence-corrected chi connectivity index (χ1v) is 12.1. The van der Waals surface area contributed by atoms with Crippen LogP contribution in [0.1, 0.15) is 48.4 Å². The van der Waals surface area contributed by atoms with Gasteiger partial charge in [-0.05, 0) is 45.0 Å².